The molecule has 0 spiro atoms. The Bertz CT molecular complexity index is 727. The summed E-state index contributed by atoms with van der Waals surface area (Å²) < 4.78 is 18.6. The van der Waals surface area contributed by atoms with Crippen LogP contribution in [0.2, 0.25) is 0 Å². The molecule has 0 aliphatic heterocycles. The largest absolute Gasteiger partial charge is 0.494 e. The quantitative estimate of drug-likeness (QED) is 0.581. The molecule has 0 bridgehead atoms. The zero-order valence-electron chi connectivity index (χ0n) is 15.5. The molecule has 0 saturated heterocycles. The zero-order chi connectivity index (χ0) is 18.9. The summed E-state index contributed by atoms with van der Waals surface area (Å²) in [5.41, 5.74) is 3.43. The number of hydrogen-bond acceptors (Lipinski definition) is 2. The average molecular weight is 358 g/mol. The van der Waals surface area contributed by atoms with Crippen LogP contribution in [0.3, 0.4) is 0 Å². The minimum Gasteiger partial charge on any atom is -0.494 e. The summed E-state index contributed by atoms with van der Waals surface area (Å²) in [6.45, 7) is 2.15. The Morgan fingerprint density at radius 2 is 1.85 bits per heavy atom. The Kier molecular flexibility index (Phi) is 7.64. The number of carboxylic acid groups (broad SMARTS) is 1. The van der Waals surface area contributed by atoms with E-state index in [0.29, 0.717) is 18.1 Å². The van der Waals surface area contributed by atoms with Crippen LogP contribution >= 0.6 is 0 Å². The van der Waals surface area contributed by atoms with E-state index in [2.05, 4.69) is 19.1 Å². The van der Waals surface area contributed by atoms with Gasteiger partial charge in [0.15, 0.2) is 11.6 Å². The predicted molar refractivity (Wildman–Crippen MR) is 101 cm³/mol. The van der Waals surface area contributed by atoms with E-state index in [1.165, 1.54) is 18.7 Å². The molecule has 2 rings (SSSR count). The third-order valence-corrected chi connectivity index (χ3v) is 4.72. The molecule has 2 aromatic carbocycles. The molecule has 1 atom stereocenters. The summed E-state index contributed by atoms with van der Waals surface area (Å²) in [7, 11) is 1.48. The summed E-state index contributed by atoms with van der Waals surface area (Å²) >= 11 is 0. The molecule has 0 fully saturated rings. The van der Waals surface area contributed by atoms with Gasteiger partial charge in [0.2, 0.25) is 0 Å². The van der Waals surface area contributed by atoms with Crippen molar-refractivity contribution < 1.29 is 19.0 Å². The molecule has 26 heavy (non-hydrogen) atoms. The van der Waals surface area contributed by atoms with Gasteiger partial charge in [-0.05, 0) is 60.4 Å². The average Bonchev–Trinajstić information content (AvgIpc) is 2.64. The molecule has 0 heterocycles. The first-order chi connectivity index (χ1) is 12.5. The van der Waals surface area contributed by atoms with Crippen molar-refractivity contribution in [3.8, 4) is 5.75 Å². The maximum absolute atomic E-state index is 13.5. The van der Waals surface area contributed by atoms with Gasteiger partial charge in [-0.15, -0.1) is 0 Å². The Hall–Kier alpha value is -2.36. The monoisotopic (exact) mass is 358 g/mol. The summed E-state index contributed by atoms with van der Waals surface area (Å²) in [5, 5.41) is 8.78. The highest BCUT2D eigenvalue weighted by Crippen LogP contribution is 2.27. The molecule has 140 valence electrons. The fourth-order valence-electron chi connectivity index (χ4n) is 3.12. The van der Waals surface area contributed by atoms with Crippen LogP contribution in [0.5, 0.6) is 5.75 Å². The standard InChI is InChI=1S/C22H27FO3/c1-16(19-11-12-20(23)21(15-19)26-2)6-3-4-7-17-8-5-9-18(14-17)10-13-22(24)25/h5,8-9,11-12,14-16H,3-4,6-7,10,13H2,1-2H3,(H,24,25)/t16-/m0/s1. The molecule has 0 saturated carbocycles. The van der Waals surface area contributed by atoms with Crippen molar-refractivity contribution in [1.82, 2.24) is 0 Å². The van der Waals surface area contributed by atoms with Crippen LogP contribution in [0, 0.1) is 5.82 Å². The number of unbranched alkanes of at least 4 members (excludes halogenated alkanes) is 1. The first-order valence-corrected chi connectivity index (χ1v) is 9.12. The van der Waals surface area contributed by atoms with Crippen molar-refractivity contribution in [2.75, 3.05) is 7.11 Å². The van der Waals surface area contributed by atoms with E-state index in [1.54, 1.807) is 6.07 Å². The van der Waals surface area contributed by atoms with Crippen LogP contribution < -0.4 is 4.74 Å². The second-order valence-corrected chi connectivity index (χ2v) is 6.75. The van der Waals surface area contributed by atoms with Gasteiger partial charge in [0.1, 0.15) is 0 Å². The van der Waals surface area contributed by atoms with E-state index in [0.717, 1.165) is 36.8 Å². The molecule has 0 aromatic heterocycles. The van der Waals surface area contributed by atoms with Crippen molar-refractivity contribution in [2.24, 2.45) is 0 Å². The lowest BCUT2D eigenvalue weighted by molar-refractivity contribution is -0.136. The predicted octanol–water partition coefficient (Wildman–Crippen LogP) is 5.37. The number of benzene rings is 2. The van der Waals surface area contributed by atoms with Crippen LogP contribution in [0.15, 0.2) is 42.5 Å². The number of ether oxygens (including phenoxy) is 1. The van der Waals surface area contributed by atoms with E-state index in [9.17, 15) is 9.18 Å². The number of rotatable bonds is 10. The van der Waals surface area contributed by atoms with Gasteiger partial charge < -0.3 is 9.84 Å². The molecule has 0 aliphatic carbocycles. The Morgan fingerprint density at radius 3 is 2.54 bits per heavy atom. The van der Waals surface area contributed by atoms with Crippen LogP contribution in [0.25, 0.3) is 0 Å². The molecule has 4 heteroatoms. The molecule has 3 nitrogen and oxygen atoms in total. The van der Waals surface area contributed by atoms with Crippen LogP contribution in [0.4, 0.5) is 4.39 Å². The fourth-order valence-corrected chi connectivity index (χ4v) is 3.12. The van der Waals surface area contributed by atoms with Gasteiger partial charge in [-0.3, -0.25) is 4.79 Å². The van der Waals surface area contributed by atoms with E-state index < -0.39 is 5.97 Å². The number of methoxy groups -OCH3 is 1. The van der Waals surface area contributed by atoms with Crippen molar-refractivity contribution in [3.63, 3.8) is 0 Å². The minimum absolute atomic E-state index is 0.169. The first-order valence-electron chi connectivity index (χ1n) is 9.12. The van der Waals surface area contributed by atoms with Crippen LogP contribution in [-0.2, 0) is 17.6 Å². The smallest absolute Gasteiger partial charge is 0.303 e. The number of carboxylic acids is 1. The van der Waals surface area contributed by atoms with Gasteiger partial charge in [-0.1, -0.05) is 43.7 Å². The number of hydrogen-bond donors (Lipinski definition) is 1. The van der Waals surface area contributed by atoms with Crippen LogP contribution in [-0.4, -0.2) is 18.2 Å². The minimum atomic E-state index is -0.762. The van der Waals surface area contributed by atoms with Gasteiger partial charge >= 0.3 is 5.97 Å². The number of carbonyl (C=O) groups is 1. The highest BCUT2D eigenvalue weighted by Gasteiger charge is 2.10. The number of aryl methyl sites for hydroxylation is 2. The molecular formula is C22H27FO3. The lowest BCUT2D eigenvalue weighted by Crippen LogP contribution is -1.98. The van der Waals surface area contributed by atoms with E-state index in [4.69, 9.17) is 9.84 Å². The molecule has 0 amide bonds. The summed E-state index contributed by atoms with van der Waals surface area (Å²) in [6, 6.07) is 13.3. The molecule has 0 unspecified atom stereocenters. The van der Waals surface area contributed by atoms with Gasteiger partial charge in [-0.25, -0.2) is 4.39 Å². The van der Waals surface area contributed by atoms with Gasteiger partial charge in [-0.2, -0.15) is 0 Å². The highest BCUT2D eigenvalue weighted by atomic mass is 19.1. The SMILES string of the molecule is COc1cc([C@@H](C)CCCCc2cccc(CCC(=O)O)c2)ccc1F. The van der Waals surface area contributed by atoms with Crippen molar-refractivity contribution in [2.45, 2.75) is 51.4 Å². The second-order valence-electron chi connectivity index (χ2n) is 6.75. The van der Waals surface area contributed by atoms with Gasteiger partial charge in [0.05, 0.1) is 7.11 Å². The van der Waals surface area contributed by atoms with Gasteiger partial charge in [0, 0.05) is 6.42 Å². The first kappa shape index (κ1) is 20.0. The number of halogens is 1. The van der Waals surface area contributed by atoms with E-state index in [-0.39, 0.29) is 12.2 Å². The lowest BCUT2D eigenvalue weighted by Gasteiger charge is -2.13. The lowest BCUT2D eigenvalue weighted by atomic mass is 9.94. The van der Waals surface area contributed by atoms with Crippen molar-refractivity contribution in [1.29, 1.82) is 0 Å². The Balaban J connectivity index is 1.79. The molecule has 0 radical (unpaired) electrons. The third-order valence-electron chi connectivity index (χ3n) is 4.72. The van der Waals surface area contributed by atoms with E-state index >= 15 is 0 Å². The Labute approximate surface area is 154 Å². The molecule has 0 aliphatic rings. The third kappa shape index (κ3) is 6.17. The Morgan fingerprint density at radius 1 is 1.12 bits per heavy atom. The van der Waals surface area contributed by atoms with E-state index in [1.807, 2.05) is 18.2 Å². The number of aliphatic carboxylic acids is 1. The summed E-state index contributed by atoms with van der Waals surface area (Å²) in [6.07, 6.45) is 4.92. The molecule has 1 N–H and O–H groups in total. The topological polar surface area (TPSA) is 46.5 Å². The van der Waals surface area contributed by atoms with Gasteiger partial charge in [0.25, 0.3) is 0 Å². The molecule has 2 aromatic rings. The van der Waals surface area contributed by atoms with Crippen LogP contribution in [0.1, 0.15) is 55.2 Å². The second kappa shape index (κ2) is 9.95. The zero-order valence-corrected chi connectivity index (χ0v) is 15.5. The maximum atomic E-state index is 13.5. The summed E-state index contributed by atoms with van der Waals surface area (Å²) in [5.74, 6) is -0.438. The normalized spacial score (nSPS) is 12.0. The van der Waals surface area contributed by atoms with Crippen molar-refractivity contribution in [3.05, 3.63) is 65.0 Å². The fraction of sp³-hybridized carbons (Fsp3) is 0.409. The highest BCUT2D eigenvalue weighted by molar-refractivity contribution is 5.67. The maximum Gasteiger partial charge on any atom is 0.303 e. The van der Waals surface area contributed by atoms with Crippen molar-refractivity contribution >= 4 is 5.97 Å². The summed E-state index contributed by atoms with van der Waals surface area (Å²) in [4.78, 5) is 10.7. The molecular weight excluding hydrogens is 331 g/mol.